The van der Waals surface area contributed by atoms with Crippen LogP contribution in [-0.4, -0.2) is 38.5 Å². The van der Waals surface area contributed by atoms with Crippen molar-refractivity contribution in [3.8, 4) is 0 Å². The molecule has 0 amide bonds. The summed E-state index contributed by atoms with van der Waals surface area (Å²) in [5, 5.41) is 0.774. The molecule has 4 heteroatoms. The van der Waals surface area contributed by atoms with E-state index in [1.807, 2.05) is 18.2 Å². The van der Waals surface area contributed by atoms with Crippen molar-refractivity contribution in [3.05, 3.63) is 29.3 Å². The standard InChI is InChI=1S/C12H14ClNO2/c13-9-2-1-3-10(4-9)14(5-11-7-15-11)6-12-8-16-12/h1-4,11-12H,5-8H2/t11-,12-/m0/s1. The van der Waals surface area contributed by atoms with Crippen LogP contribution < -0.4 is 4.90 Å². The van der Waals surface area contributed by atoms with Crippen LogP contribution in [0.15, 0.2) is 24.3 Å². The molecule has 86 valence electrons. The van der Waals surface area contributed by atoms with Crippen LogP contribution in [0.5, 0.6) is 0 Å². The Morgan fingerprint density at radius 3 is 2.31 bits per heavy atom. The molecular weight excluding hydrogens is 226 g/mol. The topological polar surface area (TPSA) is 28.3 Å². The van der Waals surface area contributed by atoms with Gasteiger partial charge in [-0.2, -0.15) is 0 Å². The van der Waals surface area contributed by atoms with Crippen LogP contribution in [0.2, 0.25) is 5.02 Å². The lowest BCUT2D eigenvalue weighted by Gasteiger charge is -2.23. The van der Waals surface area contributed by atoms with Crippen molar-refractivity contribution in [2.24, 2.45) is 0 Å². The van der Waals surface area contributed by atoms with Crippen LogP contribution in [0.1, 0.15) is 0 Å². The Kier molecular flexibility index (Phi) is 2.75. The molecule has 1 aromatic carbocycles. The molecule has 2 aliphatic rings. The third-order valence-corrected chi connectivity index (χ3v) is 3.06. The van der Waals surface area contributed by atoms with Gasteiger partial charge in [-0.3, -0.25) is 0 Å². The van der Waals surface area contributed by atoms with Gasteiger partial charge in [0.1, 0.15) is 0 Å². The molecule has 16 heavy (non-hydrogen) atoms. The average Bonchev–Trinajstić information content (AvgIpc) is 3.11. The molecule has 0 bridgehead atoms. The molecule has 0 unspecified atom stereocenters. The second kappa shape index (κ2) is 4.24. The van der Waals surface area contributed by atoms with Crippen LogP contribution in [0.25, 0.3) is 0 Å². The average molecular weight is 240 g/mol. The molecule has 2 saturated heterocycles. The first-order chi connectivity index (χ1) is 7.81. The quantitative estimate of drug-likeness (QED) is 0.736. The van der Waals surface area contributed by atoms with Gasteiger partial charge < -0.3 is 14.4 Å². The molecule has 2 atom stereocenters. The van der Waals surface area contributed by atoms with Gasteiger partial charge >= 0.3 is 0 Å². The Hall–Kier alpha value is -0.770. The minimum atomic E-state index is 0.387. The molecule has 3 nitrogen and oxygen atoms in total. The first-order valence-corrected chi connectivity index (χ1v) is 5.93. The molecule has 0 spiro atoms. The van der Waals surface area contributed by atoms with Crippen LogP contribution in [-0.2, 0) is 9.47 Å². The van der Waals surface area contributed by atoms with E-state index in [0.717, 1.165) is 37.0 Å². The summed E-state index contributed by atoms with van der Waals surface area (Å²) in [6.45, 7) is 3.62. The van der Waals surface area contributed by atoms with E-state index in [4.69, 9.17) is 21.1 Å². The highest BCUT2D eigenvalue weighted by molar-refractivity contribution is 6.30. The lowest BCUT2D eigenvalue weighted by atomic mass is 10.2. The fourth-order valence-electron chi connectivity index (χ4n) is 1.80. The van der Waals surface area contributed by atoms with Crippen molar-refractivity contribution < 1.29 is 9.47 Å². The van der Waals surface area contributed by atoms with Crippen LogP contribution >= 0.6 is 11.6 Å². The van der Waals surface area contributed by atoms with Gasteiger partial charge in [-0.15, -0.1) is 0 Å². The van der Waals surface area contributed by atoms with Gasteiger partial charge in [-0.05, 0) is 18.2 Å². The zero-order valence-electron chi connectivity index (χ0n) is 8.93. The van der Waals surface area contributed by atoms with E-state index in [2.05, 4.69) is 11.0 Å². The molecule has 3 rings (SSSR count). The summed E-state index contributed by atoms with van der Waals surface area (Å²) in [7, 11) is 0. The lowest BCUT2D eigenvalue weighted by Crippen LogP contribution is -2.31. The molecule has 2 fully saturated rings. The number of halogens is 1. The zero-order valence-corrected chi connectivity index (χ0v) is 9.69. The Balaban J connectivity index is 1.73. The number of benzene rings is 1. The number of ether oxygens (including phenoxy) is 2. The summed E-state index contributed by atoms with van der Waals surface area (Å²) in [5.74, 6) is 0. The van der Waals surface area contributed by atoms with Crippen molar-refractivity contribution in [1.82, 2.24) is 0 Å². The van der Waals surface area contributed by atoms with E-state index in [-0.39, 0.29) is 0 Å². The summed E-state index contributed by atoms with van der Waals surface area (Å²) < 4.78 is 10.6. The zero-order chi connectivity index (χ0) is 11.0. The Morgan fingerprint density at radius 1 is 1.19 bits per heavy atom. The largest absolute Gasteiger partial charge is 0.371 e. The highest BCUT2D eigenvalue weighted by atomic mass is 35.5. The molecule has 2 aliphatic heterocycles. The molecule has 0 N–H and O–H groups in total. The summed E-state index contributed by atoms with van der Waals surface area (Å²) in [5.41, 5.74) is 1.15. The van der Waals surface area contributed by atoms with E-state index in [1.165, 1.54) is 0 Å². The minimum absolute atomic E-state index is 0.387. The monoisotopic (exact) mass is 239 g/mol. The van der Waals surface area contributed by atoms with Gasteiger partial charge in [0.2, 0.25) is 0 Å². The maximum Gasteiger partial charge on any atom is 0.0984 e. The van der Waals surface area contributed by atoms with Gasteiger partial charge in [-0.1, -0.05) is 17.7 Å². The van der Waals surface area contributed by atoms with Crippen LogP contribution in [0.3, 0.4) is 0 Å². The highest BCUT2D eigenvalue weighted by Crippen LogP contribution is 2.24. The maximum absolute atomic E-state index is 6.00. The lowest BCUT2D eigenvalue weighted by molar-refractivity contribution is 0.389. The normalized spacial score (nSPS) is 26.6. The number of hydrogen-bond donors (Lipinski definition) is 0. The number of epoxide rings is 2. The SMILES string of the molecule is Clc1cccc(N(C[C@H]2CO2)C[C@H]2CO2)c1. The maximum atomic E-state index is 6.00. The second-order valence-corrected chi connectivity index (χ2v) is 4.73. The number of rotatable bonds is 5. The van der Waals surface area contributed by atoms with E-state index in [1.54, 1.807) is 0 Å². The summed E-state index contributed by atoms with van der Waals surface area (Å²) in [6.07, 6.45) is 0.774. The number of hydrogen-bond acceptors (Lipinski definition) is 3. The summed E-state index contributed by atoms with van der Waals surface area (Å²) >= 11 is 6.00. The van der Waals surface area contributed by atoms with Gasteiger partial charge in [0, 0.05) is 23.8 Å². The molecular formula is C12H14ClNO2. The second-order valence-electron chi connectivity index (χ2n) is 4.30. The third kappa shape index (κ3) is 2.67. The molecule has 0 aliphatic carbocycles. The minimum Gasteiger partial charge on any atom is -0.371 e. The highest BCUT2D eigenvalue weighted by Gasteiger charge is 2.30. The smallest absolute Gasteiger partial charge is 0.0984 e. The first-order valence-electron chi connectivity index (χ1n) is 5.55. The van der Waals surface area contributed by atoms with E-state index >= 15 is 0 Å². The fraction of sp³-hybridized carbons (Fsp3) is 0.500. The van der Waals surface area contributed by atoms with Gasteiger partial charge in [0.15, 0.2) is 0 Å². The van der Waals surface area contributed by atoms with Crippen molar-refractivity contribution in [1.29, 1.82) is 0 Å². The molecule has 0 radical (unpaired) electrons. The number of anilines is 1. The molecule has 0 saturated carbocycles. The summed E-state index contributed by atoms with van der Waals surface area (Å²) in [6, 6.07) is 7.94. The van der Waals surface area contributed by atoms with Crippen LogP contribution in [0, 0.1) is 0 Å². The third-order valence-electron chi connectivity index (χ3n) is 2.83. The van der Waals surface area contributed by atoms with Crippen molar-refractivity contribution in [2.75, 3.05) is 31.2 Å². The Bertz CT molecular complexity index is 363. The fourth-order valence-corrected chi connectivity index (χ4v) is 1.98. The predicted molar refractivity (Wildman–Crippen MR) is 63.1 cm³/mol. The molecule has 2 heterocycles. The first kappa shape index (κ1) is 10.4. The van der Waals surface area contributed by atoms with E-state index in [9.17, 15) is 0 Å². The molecule has 0 aromatic heterocycles. The van der Waals surface area contributed by atoms with E-state index < -0.39 is 0 Å². The van der Waals surface area contributed by atoms with Crippen molar-refractivity contribution >= 4 is 17.3 Å². The van der Waals surface area contributed by atoms with Gasteiger partial charge in [0.25, 0.3) is 0 Å². The van der Waals surface area contributed by atoms with Crippen molar-refractivity contribution in [2.45, 2.75) is 12.2 Å². The van der Waals surface area contributed by atoms with Crippen molar-refractivity contribution in [3.63, 3.8) is 0 Å². The number of nitrogens with zero attached hydrogens (tertiary/aromatic N) is 1. The van der Waals surface area contributed by atoms with Gasteiger partial charge in [0.05, 0.1) is 25.4 Å². The van der Waals surface area contributed by atoms with Gasteiger partial charge in [-0.25, -0.2) is 0 Å². The summed E-state index contributed by atoms with van der Waals surface area (Å²) in [4.78, 5) is 2.29. The van der Waals surface area contributed by atoms with E-state index in [0.29, 0.717) is 12.2 Å². The Morgan fingerprint density at radius 2 is 1.81 bits per heavy atom. The Labute approximate surface area is 99.9 Å². The van der Waals surface area contributed by atoms with Crippen LogP contribution in [0.4, 0.5) is 5.69 Å². The molecule has 1 aromatic rings. The predicted octanol–water partition coefficient (Wildman–Crippen LogP) is 1.94.